The molecule has 31 heavy (non-hydrogen) atoms. The monoisotopic (exact) mass is 415 g/mol. The molecule has 1 fully saturated rings. The fraction of sp³-hybridized carbons (Fsp3) is 0.125. The first-order valence-electron chi connectivity index (χ1n) is 9.77. The van der Waals surface area contributed by atoms with Gasteiger partial charge in [0.25, 0.3) is 11.8 Å². The van der Waals surface area contributed by atoms with Gasteiger partial charge in [-0.1, -0.05) is 48.5 Å². The third-order valence-corrected chi connectivity index (χ3v) is 5.14. The van der Waals surface area contributed by atoms with Gasteiger partial charge in [-0.2, -0.15) is 0 Å². The zero-order valence-corrected chi connectivity index (χ0v) is 16.8. The summed E-state index contributed by atoms with van der Waals surface area (Å²) >= 11 is 0. The number of carbonyl (C=O) groups is 3. The number of rotatable bonds is 6. The first-order valence-corrected chi connectivity index (χ1v) is 9.77. The van der Waals surface area contributed by atoms with Crippen LogP contribution < -0.4 is 20.7 Å². The predicted molar refractivity (Wildman–Crippen MR) is 116 cm³/mol. The summed E-state index contributed by atoms with van der Waals surface area (Å²) in [5, 5.41) is 7.72. The van der Waals surface area contributed by atoms with Gasteiger partial charge in [0, 0.05) is 16.8 Å². The van der Waals surface area contributed by atoms with Crippen molar-refractivity contribution in [2.75, 3.05) is 5.32 Å². The van der Waals surface area contributed by atoms with Crippen molar-refractivity contribution >= 4 is 23.5 Å². The predicted octanol–water partition coefficient (Wildman–Crippen LogP) is 3.57. The lowest BCUT2D eigenvalue weighted by Gasteiger charge is -2.21. The summed E-state index contributed by atoms with van der Waals surface area (Å²) in [6, 6.07) is 22.9. The van der Waals surface area contributed by atoms with Crippen LogP contribution in [-0.4, -0.2) is 17.8 Å². The highest BCUT2D eigenvalue weighted by Gasteiger charge is 2.43. The molecular weight excluding hydrogens is 394 g/mol. The zero-order chi connectivity index (χ0) is 21.8. The number of hydrogen-bond donors (Lipinski definition) is 3. The normalized spacial score (nSPS) is 17.6. The molecule has 1 aliphatic rings. The maximum absolute atomic E-state index is 13.0. The lowest BCUT2D eigenvalue weighted by Crippen LogP contribution is -2.40. The Morgan fingerprint density at radius 3 is 2.45 bits per heavy atom. The number of para-hydroxylation sites is 1. The van der Waals surface area contributed by atoms with Gasteiger partial charge >= 0.3 is 6.03 Å². The molecule has 0 saturated carbocycles. The molecule has 0 bridgehead atoms. The summed E-state index contributed by atoms with van der Waals surface area (Å²) in [5.41, 5.74) is 1.11. The number of benzene rings is 3. The van der Waals surface area contributed by atoms with Gasteiger partial charge in [0.2, 0.25) is 0 Å². The van der Waals surface area contributed by atoms with Crippen LogP contribution in [0.4, 0.5) is 10.5 Å². The molecule has 3 N–H and O–H groups in total. The Hall–Kier alpha value is -4.13. The number of imide groups is 1. The largest absolute Gasteiger partial charge is 0.489 e. The van der Waals surface area contributed by atoms with Gasteiger partial charge in [0.05, 0.1) is 0 Å². The fourth-order valence-corrected chi connectivity index (χ4v) is 3.40. The minimum absolute atomic E-state index is 0.248. The molecule has 1 heterocycles. The summed E-state index contributed by atoms with van der Waals surface area (Å²) in [6.45, 7) is 1.86. The summed E-state index contributed by atoms with van der Waals surface area (Å²) in [4.78, 5) is 36.7. The standard InChI is InChI=1S/C24H21N3O4/c1-24(22(29)26-23(30)27-24)17-9-7-10-18(14-17)25-21(28)20-13-6-5-8-16(20)15-31-19-11-3-2-4-12-19/h2-14H,15H2,1H3,(H,25,28)(H2,26,27,29,30). The second-order valence-corrected chi connectivity index (χ2v) is 7.33. The van der Waals surface area contributed by atoms with E-state index in [9.17, 15) is 14.4 Å². The molecule has 4 rings (SSSR count). The number of hydrogen-bond acceptors (Lipinski definition) is 4. The second kappa shape index (κ2) is 8.31. The van der Waals surface area contributed by atoms with Crippen LogP contribution in [-0.2, 0) is 16.9 Å². The van der Waals surface area contributed by atoms with Crippen molar-refractivity contribution in [3.8, 4) is 5.75 Å². The molecule has 7 heteroatoms. The third kappa shape index (κ3) is 4.25. The quantitative estimate of drug-likeness (QED) is 0.536. The Balaban J connectivity index is 1.52. The molecule has 156 valence electrons. The molecule has 0 aliphatic carbocycles. The van der Waals surface area contributed by atoms with Crippen LogP contribution in [0.15, 0.2) is 78.9 Å². The van der Waals surface area contributed by atoms with Crippen molar-refractivity contribution in [2.24, 2.45) is 0 Å². The number of nitrogens with one attached hydrogen (secondary N) is 3. The van der Waals surface area contributed by atoms with Gasteiger partial charge in [-0.25, -0.2) is 4.79 Å². The Bertz CT molecular complexity index is 1150. The SMILES string of the molecule is CC1(c2cccc(NC(=O)c3ccccc3COc3ccccc3)c2)NC(=O)NC1=O. The topological polar surface area (TPSA) is 96.5 Å². The molecular formula is C24H21N3O4. The fourth-order valence-electron chi connectivity index (χ4n) is 3.40. The Morgan fingerprint density at radius 1 is 0.968 bits per heavy atom. The van der Waals surface area contributed by atoms with Crippen LogP contribution in [0, 0.1) is 0 Å². The van der Waals surface area contributed by atoms with Crippen LogP contribution in [0.5, 0.6) is 5.75 Å². The average molecular weight is 415 g/mol. The molecule has 7 nitrogen and oxygen atoms in total. The van der Waals surface area contributed by atoms with Crippen molar-refractivity contribution in [1.29, 1.82) is 0 Å². The number of carbonyl (C=O) groups excluding carboxylic acids is 3. The minimum atomic E-state index is -1.20. The van der Waals surface area contributed by atoms with Crippen LogP contribution in [0.1, 0.15) is 28.4 Å². The van der Waals surface area contributed by atoms with Crippen LogP contribution in [0.25, 0.3) is 0 Å². The number of anilines is 1. The van der Waals surface area contributed by atoms with Crippen molar-refractivity contribution in [3.63, 3.8) is 0 Å². The average Bonchev–Trinajstić information content (AvgIpc) is 3.05. The Kier molecular flexibility index (Phi) is 5.41. The molecule has 1 unspecified atom stereocenters. The summed E-state index contributed by atoms with van der Waals surface area (Å²) in [5.74, 6) is -0.0191. The highest BCUT2D eigenvalue weighted by atomic mass is 16.5. The van der Waals surface area contributed by atoms with E-state index in [0.717, 1.165) is 11.3 Å². The maximum atomic E-state index is 13.0. The van der Waals surface area contributed by atoms with Gasteiger partial charge in [-0.3, -0.25) is 14.9 Å². The van der Waals surface area contributed by atoms with Gasteiger partial charge in [0.15, 0.2) is 0 Å². The van der Waals surface area contributed by atoms with Crippen molar-refractivity contribution < 1.29 is 19.1 Å². The van der Waals surface area contributed by atoms with E-state index in [1.165, 1.54) is 0 Å². The molecule has 0 aromatic heterocycles. The molecule has 3 aromatic rings. The van der Waals surface area contributed by atoms with E-state index >= 15 is 0 Å². The van der Waals surface area contributed by atoms with Crippen LogP contribution in [0.3, 0.4) is 0 Å². The van der Waals surface area contributed by atoms with E-state index in [4.69, 9.17) is 4.74 Å². The van der Waals surface area contributed by atoms with E-state index in [-0.39, 0.29) is 12.5 Å². The molecule has 4 amide bonds. The first-order chi connectivity index (χ1) is 15.0. The molecule has 1 atom stereocenters. The lowest BCUT2D eigenvalue weighted by molar-refractivity contribution is -0.123. The number of ether oxygens (including phenoxy) is 1. The van der Waals surface area contributed by atoms with E-state index in [2.05, 4.69) is 16.0 Å². The highest BCUT2D eigenvalue weighted by Crippen LogP contribution is 2.27. The summed E-state index contributed by atoms with van der Waals surface area (Å²) in [6.07, 6.45) is 0. The molecule has 1 saturated heterocycles. The maximum Gasteiger partial charge on any atom is 0.322 e. The van der Waals surface area contributed by atoms with Crippen LogP contribution >= 0.6 is 0 Å². The van der Waals surface area contributed by atoms with Gasteiger partial charge in [-0.05, 0) is 42.8 Å². The summed E-state index contributed by atoms with van der Waals surface area (Å²) < 4.78 is 5.79. The summed E-state index contributed by atoms with van der Waals surface area (Å²) in [7, 11) is 0. The number of urea groups is 1. The van der Waals surface area contributed by atoms with E-state index in [1.807, 2.05) is 42.5 Å². The van der Waals surface area contributed by atoms with Crippen LogP contribution in [0.2, 0.25) is 0 Å². The van der Waals surface area contributed by atoms with Gasteiger partial charge in [-0.15, -0.1) is 0 Å². The second-order valence-electron chi connectivity index (χ2n) is 7.33. The Labute approximate surface area is 179 Å². The van der Waals surface area contributed by atoms with E-state index in [1.54, 1.807) is 43.3 Å². The highest BCUT2D eigenvalue weighted by molar-refractivity contribution is 6.08. The van der Waals surface area contributed by atoms with Gasteiger partial charge in [0.1, 0.15) is 17.9 Å². The number of amides is 4. The molecule has 3 aromatic carbocycles. The molecule has 0 radical (unpaired) electrons. The Morgan fingerprint density at radius 2 is 1.71 bits per heavy atom. The molecule has 0 spiro atoms. The minimum Gasteiger partial charge on any atom is -0.489 e. The third-order valence-electron chi connectivity index (χ3n) is 5.14. The lowest BCUT2D eigenvalue weighted by atomic mass is 9.92. The van der Waals surface area contributed by atoms with Crippen molar-refractivity contribution in [3.05, 3.63) is 95.6 Å². The van der Waals surface area contributed by atoms with Gasteiger partial charge < -0.3 is 15.4 Å². The first kappa shape index (κ1) is 20.2. The van der Waals surface area contributed by atoms with Crippen molar-refractivity contribution in [2.45, 2.75) is 19.1 Å². The zero-order valence-electron chi connectivity index (χ0n) is 16.8. The van der Waals surface area contributed by atoms with E-state index in [0.29, 0.717) is 16.8 Å². The van der Waals surface area contributed by atoms with Crippen molar-refractivity contribution in [1.82, 2.24) is 10.6 Å². The molecule has 1 aliphatic heterocycles. The smallest absolute Gasteiger partial charge is 0.322 e. The van der Waals surface area contributed by atoms with E-state index < -0.39 is 17.5 Å².